The molecule has 0 amide bonds. The minimum Gasteiger partial charge on any atom is -0.370 e. The van der Waals surface area contributed by atoms with Gasteiger partial charge in [-0.05, 0) is 38.8 Å². The maximum atomic E-state index is 3.64. The third-order valence-corrected chi connectivity index (χ3v) is 3.77. The van der Waals surface area contributed by atoms with Gasteiger partial charge in [0.25, 0.3) is 0 Å². The van der Waals surface area contributed by atoms with Gasteiger partial charge in [-0.25, -0.2) is 0 Å². The van der Waals surface area contributed by atoms with E-state index in [2.05, 4.69) is 68.2 Å². The number of hydrogen-bond donors (Lipinski definition) is 1. The Balaban J connectivity index is 2.51. The van der Waals surface area contributed by atoms with Crippen LogP contribution in [0.3, 0.4) is 0 Å². The van der Waals surface area contributed by atoms with Crippen molar-refractivity contribution in [1.29, 1.82) is 0 Å². The number of rotatable bonds is 9. The summed E-state index contributed by atoms with van der Waals surface area (Å²) in [6.07, 6.45) is 3.66. The van der Waals surface area contributed by atoms with Gasteiger partial charge >= 0.3 is 0 Å². The lowest BCUT2D eigenvalue weighted by molar-refractivity contribution is 0.379. The van der Waals surface area contributed by atoms with Crippen molar-refractivity contribution < 1.29 is 0 Å². The molecule has 0 radical (unpaired) electrons. The molecule has 1 rings (SSSR count). The molecular formula is C17H30N2. The van der Waals surface area contributed by atoms with Crippen molar-refractivity contribution in [2.24, 2.45) is 0 Å². The first-order valence-electron chi connectivity index (χ1n) is 7.64. The molecule has 1 N–H and O–H groups in total. The van der Waals surface area contributed by atoms with Gasteiger partial charge in [0.15, 0.2) is 0 Å². The molecule has 0 aliphatic carbocycles. The summed E-state index contributed by atoms with van der Waals surface area (Å²) in [5.41, 5.74) is 1.58. The predicted octanol–water partition coefficient (Wildman–Crippen LogP) is 4.07. The van der Waals surface area contributed by atoms with E-state index in [0.29, 0.717) is 0 Å². The molecular weight excluding hydrogens is 232 g/mol. The van der Waals surface area contributed by atoms with Crippen molar-refractivity contribution in [3.05, 3.63) is 30.3 Å². The monoisotopic (exact) mass is 262 g/mol. The van der Waals surface area contributed by atoms with Gasteiger partial charge in [0.05, 0.1) is 0 Å². The Morgan fingerprint density at radius 2 is 1.74 bits per heavy atom. The molecule has 0 saturated carbocycles. The number of anilines is 1. The average Bonchev–Trinajstić information content (AvgIpc) is 2.43. The predicted molar refractivity (Wildman–Crippen MR) is 85.9 cm³/mol. The summed E-state index contributed by atoms with van der Waals surface area (Å²) in [4.78, 5) is 2.49. The Morgan fingerprint density at radius 3 is 2.32 bits per heavy atom. The molecule has 0 bridgehead atoms. The SMILES string of the molecule is CCCCN(CCNC(C)(C)CC)c1ccccc1. The lowest BCUT2D eigenvalue weighted by Crippen LogP contribution is -2.43. The minimum atomic E-state index is 0.243. The van der Waals surface area contributed by atoms with E-state index >= 15 is 0 Å². The van der Waals surface area contributed by atoms with Crippen LogP contribution >= 0.6 is 0 Å². The average molecular weight is 262 g/mol. The van der Waals surface area contributed by atoms with Crippen LogP contribution in [0, 0.1) is 0 Å². The fourth-order valence-electron chi connectivity index (χ4n) is 2.01. The maximum absolute atomic E-state index is 3.64. The second kappa shape index (κ2) is 8.21. The van der Waals surface area contributed by atoms with Crippen LogP contribution in [0.2, 0.25) is 0 Å². The van der Waals surface area contributed by atoms with Crippen molar-refractivity contribution in [2.45, 2.75) is 52.5 Å². The zero-order chi connectivity index (χ0) is 14.1. The van der Waals surface area contributed by atoms with Crippen LogP contribution in [0.25, 0.3) is 0 Å². The van der Waals surface area contributed by atoms with Crippen LogP contribution in [0.5, 0.6) is 0 Å². The van der Waals surface area contributed by atoms with Crippen LogP contribution in [-0.4, -0.2) is 25.2 Å². The smallest absolute Gasteiger partial charge is 0.0366 e. The first-order chi connectivity index (χ1) is 9.09. The zero-order valence-corrected chi connectivity index (χ0v) is 13.1. The van der Waals surface area contributed by atoms with Gasteiger partial charge < -0.3 is 10.2 Å². The summed E-state index contributed by atoms with van der Waals surface area (Å²) in [5.74, 6) is 0. The zero-order valence-electron chi connectivity index (χ0n) is 13.1. The third kappa shape index (κ3) is 6.11. The Bertz CT molecular complexity index is 332. The van der Waals surface area contributed by atoms with Gasteiger partial charge in [-0.3, -0.25) is 0 Å². The van der Waals surface area contributed by atoms with Crippen LogP contribution < -0.4 is 10.2 Å². The van der Waals surface area contributed by atoms with Crippen molar-refractivity contribution in [3.63, 3.8) is 0 Å². The summed E-state index contributed by atoms with van der Waals surface area (Å²) in [6.45, 7) is 12.3. The summed E-state index contributed by atoms with van der Waals surface area (Å²) in [7, 11) is 0. The molecule has 0 aromatic heterocycles. The van der Waals surface area contributed by atoms with Crippen LogP contribution in [0.15, 0.2) is 30.3 Å². The van der Waals surface area contributed by atoms with Gasteiger partial charge in [-0.15, -0.1) is 0 Å². The molecule has 1 aromatic carbocycles. The van der Waals surface area contributed by atoms with Crippen molar-refractivity contribution in [2.75, 3.05) is 24.5 Å². The van der Waals surface area contributed by atoms with Crippen molar-refractivity contribution >= 4 is 5.69 Å². The molecule has 0 aliphatic rings. The van der Waals surface area contributed by atoms with E-state index in [0.717, 1.165) is 26.1 Å². The molecule has 2 nitrogen and oxygen atoms in total. The highest BCUT2D eigenvalue weighted by atomic mass is 15.1. The van der Waals surface area contributed by atoms with E-state index < -0.39 is 0 Å². The number of unbranched alkanes of at least 4 members (excludes halogenated alkanes) is 1. The molecule has 2 heteroatoms. The van der Waals surface area contributed by atoms with E-state index in [1.54, 1.807) is 0 Å². The molecule has 0 fully saturated rings. The quantitative estimate of drug-likeness (QED) is 0.721. The molecule has 0 spiro atoms. The molecule has 0 heterocycles. The molecule has 0 aliphatic heterocycles. The minimum absolute atomic E-state index is 0.243. The van der Waals surface area contributed by atoms with E-state index in [1.807, 2.05) is 0 Å². The van der Waals surface area contributed by atoms with Crippen LogP contribution in [0.1, 0.15) is 47.0 Å². The summed E-state index contributed by atoms with van der Waals surface area (Å²) in [6, 6.07) is 10.7. The Labute approximate surface area is 119 Å². The summed E-state index contributed by atoms with van der Waals surface area (Å²) < 4.78 is 0. The number of hydrogen-bond acceptors (Lipinski definition) is 2. The molecule has 1 aromatic rings. The van der Waals surface area contributed by atoms with E-state index in [1.165, 1.54) is 18.5 Å². The Kier molecular flexibility index (Phi) is 6.93. The maximum Gasteiger partial charge on any atom is 0.0366 e. The fourth-order valence-corrected chi connectivity index (χ4v) is 2.01. The lowest BCUT2D eigenvalue weighted by atomic mass is 10.0. The molecule has 0 atom stereocenters. The van der Waals surface area contributed by atoms with Gasteiger partial charge in [0.1, 0.15) is 0 Å². The third-order valence-electron chi connectivity index (χ3n) is 3.77. The number of benzene rings is 1. The number of nitrogens with one attached hydrogen (secondary N) is 1. The fraction of sp³-hybridized carbons (Fsp3) is 0.647. The molecule has 108 valence electrons. The lowest BCUT2D eigenvalue weighted by Gasteiger charge is -2.29. The first-order valence-corrected chi connectivity index (χ1v) is 7.64. The van der Waals surface area contributed by atoms with Gasteiger partial charge in [0, 0.05) is 30.9 Å². The van der Waals surface area contributed by atoms with Gasteiger partial charge in [-0.1, -0.05) is 38.5 Å². The highest BCUT2D eigenvalue weighted by molar-refractivity contribution is 5.45. The van der Waals surface area contributed by atoms with Gasteiger partial charge in [-0.2, -0.15) is 0 Å². The molecule has 19 heavy (non-hydrogen) atoms. The van der Waals surface area contributed by atoms with Crippen LogP contribution in [0.4, 0.5) is 5.69 Å². The second-order valence-corrected chi connectivity index (χ2v) is 5.84. The topological polar surface area (TPSA) is 15.3 Å². The van der Waals surface area contributed by atoms with Crippen molar-refractivity contribution in [1.82, 2.24) is 5.32 Å². The van der Waals surface area contributed by atoms with Crippen molar-refractivity contribution in [3.8, 4) is 0 Å². The Hall–Kier alpha value is -1.02. The first kappa shape index (κ1) is 16.0. The van der Waals surface area contributed by atoms with E-state index in [9.17, 15) is 0 Å². The molecule has 0 saturated heterocycles. The summed E-state index contributed by atoms with van der Waals surface area (Å²) >= 11 is 0. The standard InChI is InChI=1S/C17H30N2/c1-5-7-14-19(16-11-9-8-10-12-16)15-13-18-17(3,4)6-2/h8-12,18H,5-7,13-15H2,1-4H3. The van der Waals surface area contributed by atoms with Crippen LogP contribution in [-0.2, 0) is 0 Å². The van der Waals surface area contributed by atoms with E-state index in [4.69, 9.17) is 0 Å². The molecule has 0 unspecified atom stereocenters. The number of para-hydroxylation sites is 1. The largest absolute Gasteiger partial charge is 0.370 e. The second-order valence-electron chi connectivity index (χ2n) is 5.84. The van der Waals surface area contributed by atoms with Gasteiger partial charge in [0.2, 0.25) is 0 Å². The number of nitrogens with zero attached hydrogens (tertiary/aromatic N) is 1. The highest BCUT2D eigenvalue weighted by Gasteiger charge is 2.14. The van der Waals surface area contributed by atoms with E-state index in [-0.39, 0.29) is 5.54 Å². The highest BCUT2D eigenvalue weighted by Crippen LogP contribution is 2.14. The summed E-state index contributed by atoms with van der Waals surface area (Å²) in [5, 5.41) is 3.64. The normalized spacial score (nSPS) is 11.6. The Morgan fingerprint density at radius 1 is 1.05 bits per heavy atom.